The minimum atomic E-state index is 0.508. The molecule has 0 unspecified atom stereocenters. The number of rotatable bonds is 3. The zero-order valence-corrected chi connectivity index (χ0v) is 8.89. The second-order valence-corrected chi connectivity index (χ2v) is 4.40. The van der Waals surface area contributed by atoms with Gasteiger partial charge in [0.05, 0.1) is 12.5 Å². The molecule has 6 heteroatoms. The normalized spacial score (nSPS) is 9.42. The van der Waals surface area contributed by atoms with Gasteiger partial charge < -0.3 is 4.90 Å². The summed E-state index contributed by atoms with van der Waals surface area (Å²) in [5, 5.41) is 16.9. The third kappa shape index (κ3) is 2.43. The molecule has 0 spiro atoms. The van der Waals surface area contributed by atoms with E-state index in [0.29, 0.717) is 13.0 Å². The highest BCUT2D eigenvalue weighted by molar-refractivity contribution is 9.11. The van der Waals surface area contributed by atoms with Crippen LogP contribution in [0, 0.1) is 11.3 Å². The van der Waals surface area contributed by atoms with Crippen molar-refractivity contribution in [3.63, 3.8) is 0 Å². The summed E-state index contributed by atoms with van der Waals surface area (Å²) in [6.45, 7) is 0.693. The van der Waals surface area contributed by atoms with Crippen molar-refractivity contribution >= 4 is 32.4 Å². The van der Waals surface area contributed by atoms with Crippen LogP contribution in [0.5, 0.6) is 0 Å². The van der Waals surface area contributed by atoms with Gasteiger partial charge in [-0.25, -0.2) is 0 Å². The summed E-state index contributed by atoms with van der Waals surface area (Å²) in [6, 6.07) is 2.08. The summed E-state index contributed by atoms with van der Waals surface area (Å²) in [7, 11) is 1.89. The maximum absolute atomic E-state index is 8.35. The Balaban J connectivity index is 2.54. The molecule has 0 saturated carbocycles. The lowest BCUT2D eigenvalue weighted by Crippen LogP contribution is -2.17. The fraction of sp³-hybridized carbons (Fsp3) is 0.500. The van der Waals surface area contributed by atoms with Crippen molar-refractivity contribution < 1.29 is 0 Å². The van der Waals surface area contributed by atoms with Gasteiger partial charge in [0.15, 0.2) is 3.92 Å². The smallest absolute Gasteiger partial charge is 0.208 e. The predicted molar refractivity (Wildman–Crippen MR) is 51.1 cm³/mol. The molecular weight excluding hydrogens is 240 g/mol. The van der Waals surface area contributed by atoms with Gasteiger partial charge in [-0.15, -0.1) is 10.2 Å². The van der Waals surface area contributed by atoms with Crippen molar-refractivity contribution in [1.82, 2.24) is 10.2 Å². The van der Waals surface area contributed by atoms with Gasteiger partial charge in [0.1, 0.15) is 0 Å². The van der Waals surface area contributed by atoms with E-state index in [1.165, 1.54) is 11.3 Å². The van der Waals surface area contributed by atoms with Crippen LogP contribution in [0.4, 0.5) is 5.13 Å². The van der Waals surface area contributed by atoms with Gasteiger partial charge >= 0.3 is 0 Å². The Bertz CT molecular complexity index is 292. The van der Waals surface area contributed by atoms with Gasteiger partial charge in [0.2, 0.25) is 5.13 Å². The highest BCUT2D eigenvalue weighted by Gasteiger charge is 2.05. The monoisotopic (exact) mass is 246 g/mol. The second kappa shape index (κ2) is 4.38. The minimum absolute atomic E-state index is 0.508. The van der Waals surface area contributed by atoms with Crippen LogP contribution in [-0.4, -0.2) is 23.8 Å². The van der Waals surface area contributed by atoms with Gasteiger partial charge in [-0.05, 0) is 15.9 Å². The van der Waals surface area contributed by atoms with Gasteiger partial charge in [-0.3, -0.25) is 0 Å². The summed E-state index contributed by atoms with van der Waals surface area (Å²) in [5.41, 5.74) is 0. The molecule has 1 aromatic heterocycles. The standard InChI is InChI=1S/C6H7BrN4S/c1-11(4-2-3-8)6-10-9-5(7)12-6/h2,4H2,1H3. The van der Waals surface area contributed by atoms with Crippen molar-refractivity contribution in [1.29, 1.82) is 5.26 Å². The number of hydrogen-bond donors (Lipinski definition) is 0. The fourth-order valence-electron chi connectivity index (χ4n) is 0.666. The summed E-state index contributed by atoms with van der Waals surface area (Å²) in [5.74, 6) is 0. The van der Waals surface area contributed by atoms with Crippen LogP contribution in [0.2, 0.25) is 0 Å². The molecule has 0 radical (unpaired) electrons. The lowest BCUT2D eigenvalue weighted by molar-refractivity contribution is 0.881. The molecule has 0 amide bonds. The molecule has 1 heterocycles. The third-order valence-electron chi connectivity index (χ3n) is 1.28. The first-order valence-electron chi connectivity index (χ1n) is 3.31. The molecular formula is C6H7BrN4S. The quantitative estimate of drug-likeness (QED) is 0.814. The third-order valence-corrected chi connectivity index (χ3v) is 2.75. The lowest BCUT2D eigenvalue weighted by atomic mass is 10.4. The van der Waals surface area contributed by atoms with Crippen molar-refractivity contribution in [2.75, 3.05) is 18.5 Å². The second-order valence-electron chi connectivity index (χ2n) is 2.17. The Hall–Kier alpha value is -0.670. The largest absolute Gasteiger partial charge is 0.349 e. The molecule has 0 saturated heterocycles. The summed E-state index contributed by atoms with van der Waals surface area (Å²) < 4.78 is 0.765. The first-order valence-corrected chi connectivity index (χ1v) is 4.92. The fourth-order valence-corrected chi connectivity index (χ4v) is 1.74. The van der Waals surface area contributed by atoms with Crippen LogP contribution >= 0.6 is 27.3 Å². The van der Waals surface area contributed by atoms with E-state index in [0.717, 1.165) is 9.05 Å². The van der Waals surface area contributed by atoms with Crippen molar-refractivity contribution in [3.05, 3.63) is 3.92 Å². The number of anilines is 1. The Morgan fingerprint density at radius 2 is 2.42 bits per heavy atom. The summed E-state index contributed by atoms with van der Waals surface area (Å²) >= 11 is 4.68. The first kappa shape index (κ1) is 9.42. The Labute approximate surface area is 83.0 Å². The minimum Gasteiger partial charge on any atom is -0.349 e. The number of nitriles is 1. The van der Waals surface area contributed by atoms with E-state index in [2.05, 4.69) is 32.2 Å². The van der Waals surface area contributed by atoms with Gasteiger partial charge in [0.25, 0.3) is 0 Å². The van der Waals surface area contributed by atoms with E-state index in [4.69, 9.17) is 5.26 Å². The molecule has 1 rings (SSSR count). The highest BCUT2D eigenvalue weighted by Crippen LogP contribution is 2.22. The van der Waals surface area contributed by atoms with Crippen LogP contribution in [-0.2, 0) is 0 Å². The topological polar surface area (TPSA) is 52.8 Å². The van der Waals surface area contributed by atoms with Crippen molar-refractivity contribution in [2.45, 2.75) is 6.42 Å². The van der Waals surface area contributed by atoms with E-state index in [1.54, 1.807) is 0 Å². The van der Waals surface area contributed by atoms with E-state index in [1.807, 2.05) is 11.9 Å². The molecule has 0 atom stereocenters. The lowest BCUT2D eigenvalue weighted by Gasteiger charge is -2.11. The Kier molecular flexibility index (Phi) is 3.44. The molecule has 0 N–H and O–H groups in total. The number of hydrogen-bond acceptors (Lipinski definition) is 5. The molecule has 0 bridgehead atoms. The maximum Gasteiger partial charge on any atom is 0.208 e. The average Bonchev–Trinajstić information content (AvgIpc) is 2.47. The average molecular weight is 247 g/mol. The molecule has 0 aliphatic carbocycles. The molecule has 1 aromatic rings. The van der Waals surface area contributed by atoms with E-state index < -0.39 is 0 Å². The van der Waals surface area contributed by atoms with Gasteiger partial charge in [-0.2, -0.15) is 5.26 Å². The summed E-state index contributed by atoms with van der Waals surface area (Å²) in [4.78, 5) is 1.91. The molecule has 12 heavy (non-hydrogen) atoms. The Morgan fingerprint density at radius 3 is 2.92 bits per heavy atom. The molecule has 4 nitrogen and oxygen atoms in total. The van der Waals surface area contributed by atoms with Crippen LogP contribution in [0.15, 0.2) is 3.92 Å². The maximum atomic E-state index is 8.35. The molecule has 0 aromatic carbocycles. The number of aromatic nitrogens is 2. The van der Waals surface area contributed by atoms with E-state index in [9.17, 15) is 0 Å². The Morgan fingerprint density at radius 1 is 1.67 bits per heavy atom. The zero-order valence-electron chi connectivity index (χ0n) is 6.49. The van der Waals surface area contributed by atoms with Crippen molar-refractivity contribution in [3.8, 4) is 6.07 Å². The first-order chi connectivity index (χ1) is 5.74. The zero-order chi connectivity index (χ0) is 8.97. The SMILES string of the molecule is CN(CCC#N)c1nnc(Br)s1. The molecule has 0 aliphatic heterocycles. The van der Waals surface area contributed by atoms with Gasteiger partial charge in [-0.1, -0.05) is 11.3 Å². The van der Waals surface area contributed by atoms with Crippen LogP contribution < -0.4 is 4.90 Å². The van der Waals surface area contributed by atoms with Crippen molar-refractivity contribution in [2.24, 2.45) is 0 Å². The van der Waals surface area contributed by atoms with E-state index >= 15 is 0 Å². The molecule has 0 aliphatic rings. The number of nitrogens with zero attached hydrogens (tertiary/aromatic N) is 4. The van der Waals surface area contributed by atoms with E-state index in [-0.39, 0.29) is 0 Å². The van der Waals surface area contributed by atoms with Crippen LogP contribution in [0.1, 0.15) is 6.42 Å². The summed E-state index contributed by atoms with van der Waals surface area (Å²) in [6.07, 6.45) is 0.508. The van der Waals surface area contributed by atoms with Gasteiger partial charge in [0, 0.05) is 13.6 Å². The number of halogens is 1. The highest BCUT2D eigenvalue weighted by atomic mass is 79.9. The van der Waals surface area contributed by atoms with Crippen LogP contribution in [0.3, 0.4) is 0 Å². The predicted octanol–water partition coefficient (Wildman–Crippen LogP) is 1.65. The van der Waals surface area contributed by atoms with Crippen LogP contribution in [0.25, 0.3) is 0 Å². The molecule has 0 fully saturated rings. The molecule has 64 valence electrons.